The minimum absolute atomic E-state index is 0.586. The number of hydrogen-bond acceptors (Lipinski definition) is 3. The minimum Gasteiger partial charge on any atom is -0.309 e. The Morgan fingerprint density at radius 1 is 0.138 bits per heavy atom. The van der Waals surface area contributed by atoms with E-state index in [4.69, 9.17) is 15.0 Å². The van der Waals surface area contributed by atoms with Crippen molar-refractivity contribution in [2.75, 3.05) is 0 Å². The highest BCUT2D eigenvalue weighted by atomic mass is 15.0. The molecule has 116 heavy (non-hydrogen) atoms. The second-order valence-corrected chi connectivity index (χ2v) is 30.6. The van der Waals surface area contributed by atoms with Crippen molar-refractivity contribution in [3.63, 3.8) is 0 Å². The van der Waals surface area contributed by atoms with Crippen LogP contribution in [0.1, 0.15) is 0 Å². The molecule has 7 heteroatoms. The van der Waals surface area contributed by atoms with Gasteiger partial charge < -0.3 is 18.3 Å². The minimum atomic E-state index is 0.586. The first-order valence-electron chi connectivity index (χ1n) is 39.7. The van der Waals surface area contributed by atoms with Crippen LogP contribution in [0.25, 0.3) is 232 Å². The maximum absolute atomic E-state index is 5.42. The predicted molar refractivity (Wildman–Crippen MR) is 485 cm³/mol. The average molecular weight is 1470 g/mol. The Balaban J connectivity index is 0.629. The van der Waals surface area contributed by atoms with Gasteiger partial charge in [-0.15, -0.1) is 0 Å². The van der Waals surface area contributed by atoms with Gasteiger partial charge in [0, 0.05) is 82.5 Å². The molecule has 0 saturated carbocycles. The molecule has 19 aromatic carbocycles. The van der Waals surface area contributed by atoms with E-state index in [1.165, 1.54) is 131 Å². The fraction of sp³-hybridized carbons (Fsp3) is 0. The van der Waals surface area contributed by atoms with Crippen molar-refractivity contribution in [3.05, 3.63) is 406 Å². The Morgan fingerprint density at radius 2 is 0.448 bits per heavy atom. The maximum Gasteiger partial charge on any atom is 0.164 e. The number of rotatable bonds is 11. The van der Waals surface area contributed by atoms with Gasteiger partial charge in [0.25, 0.3) is 0 Å². The molecule has 0 aliphatic rings. The molecular formula is C109H67N7. The fourth-order valence-corrected chi connectivity index (χ4v) is 18.8. The van der Waals surface area contributed by atoms with Gasteiger partial charge in [-0.2, -0.15) is 0 Å². The molecule has 0 radical (unpaired) electrons. The first-order chi connectivity index (χ1) is 57.5. The standard InChI is InChI=1S/C109H67N7/c1-5-24-68(25-6-1)69-48-53-81(54-49-69)115-101-42-21-17-38-88(101)98-67-93-78(65-105(98)115)63-91(75-52-57-104-96(61-75)87-37-16-20-41-100(87)114(104)80-31-11-4-12-32-80)85-55-50-73(59-94(85)93)70-44-46-72(47-45-70)108-110-107(71-26-7-2-8-27-71)111-109(112-108)76-28-23-33-82(58-76)116-102-43-22-18-39-89(102)97-66-92-77(64-106(97)116)62-90(83-34-13-14-35-84(83)92)74-51-56-103-95(60-74)86-36-15-19-40-99(86)113(103)79-29-9-3-10-30-79/h1-67H. The predicted octanol–water partition coefficient (Wildman–Crippen LogP) is 28.5. The summed E-state index contributed by atoms with van der Waals surface area (Å²) in [6, 6.07) is 149. The van der Waals surface area contributed by atoms with Crippen LogP contribution in [0.3, 0.4) is 0 Å². The van der Waals surface area contributed by atoms with Crippen LogP contribution in [-0.4, -0.2) is 33.2 Å². The van der Waals surface area contributed by atoms with Gasteiger partial charge in [0.15, 0.2) is 17.5 Å². The zero-order chi connectivity index (χ0) is 76.1. The molecule has 24 aromatic rings. The second-order valence-electron chi connectivity index (χ2n) is 30.6. The highest BCUT2D eigenvalue weighted by molar-refractivity contribution is 6.24. The van der Waals surface area contributed by atoms with Crippen LogP contribution in [0.15, 0.2) is 406 Å². The third kappa shape index (κ3) is 10.4. The van der Waals surface area contributed by atoms with Crippen molar-refractivity contribution in [2.24, 2.45) is 0 Å². The van der Waals surface area contributed by atoms with Gasteiger partial charge in [0.1, 0.15) is 0 Å². The number of benzene rings is 19. The molecule has 538 valence electrons. The zero-order valence-electron chi connectivity index (χ0n) is 62.8. The highest BCUT2D eigenvalue weighted by Gasteiger charge is 2.24. The van der Waals surface area contributed by atoms with E-state index >= 15 is 0 Å². The van der Waals surface area contributed by atoms with Crippen LogP contribution in [0.2, 0.25) is 0 Å². The topological polar surface area (TPSA) is 58.4 Å². The van der Waals surface area contributed by atoms with E-state index in [0.717, 1.165) is 83.6 Å². The lowest BCUT2D eigenvalue weighted by atomic mass is 9.90. The molecule has 0 spiro atoms. The van der Waals surface area contributed by atoms with E-state index in [2.05, 4.69) is 407 Å². The normalized spacial score (nSPS) is 12.0. The molecule has 0 fully saturated rings. The van der Waals surface area contributed by atoms with Crippen LogP contribution >= 0.6 is 0 Å². The molecule has 0 aliphatic carbocycles. The summed E-state index contributed by atoms with van der Waals surface area (Å²) in [4.78, 5) is 16.0. The molecule has 7 nitrogen and oxygen atoms in total. The Bertz CT molecular complexity index is 8160. The molecule has 5 aromatic heterocycles. The van der Waals surface area contributed by atoms with E-state index in [0.29, 0.717) is 17.5 Å². The summed E-state index contributed by atoms with van der Waals surface area (Å²) in [5.41, 5.74) is 25.6. The average Bonchev–Trinajstić information content (AvgIpc) is 1.45. The van der Waals surface area contributed by atoms with Crippen LogP contribution in [-0.2, 0) is 0 Å². The summed E-state index contributed by atoms with van der Waals surface area (Å²) in [7, 11) is 0. The Hall–Kier alpha value is -15.6. The van der Waals surface area contributed by atoms with Gasteiger partial charge in [0.05, 0.1) is 44.1 Å². The molecule has 0 unspecified atom stereocenters. The molecule has 0 atom stereocenters. The van der Waals surface area contributed by atoms with Gasteiger partial charge in [-0.25, -0.2) is 15.0 Å². The summed E-state index contributed by atoms with van der Waals surface area (Å²) in [6.07, 6.45) is 0. The number of aromatic nitrogens is 7. The summed E-state index contributed by atoms with van der Waals surface area (Å²) >= 11 is 0. The highest BCUT2D eigenvalue weighted by Crippen LogP contribution is 2.47. The molecule has 0 aliphatic heterocycles. The van der Waals surface area contributed by atoms with E-state index in [-0.39, 0.29) is 0 Å². The maximum atomic E-state index is 5.42. The second kappa shape index (κ2) is 26.0. The Kier molecular flexibility index (Phi) is 14.6. The van der Waals surface area contributed by atoms with E-state index in [1.807, 2.05) is 18.2 Å². The van der Waals surface area contributed by atoms with Crippen LogP contribution in [0.4, 0.5) is 0 Å². The van der Waals surface area contributed by atoms with Crippen LogP contribution in [0, 0.1) is 0 Å². The quantitative estimate of drug-likeness (QED) is 0.121. The lowest BCUT2D eigenvalue weighted by Gasteiger charge is -2.15. The number of hydrogen-bond donors (Lipinski definition) is 0. The third-order valence-corrected chi connectivity index (χ3v) is 24.1. The first-order valence-corrected chi connectivity index (χ1v) is 39.7. The Morgan fingerprint density at radius 3 is 0.966 bits per heavy atom. The largest absolute Gasteiger partial charge is 0.309 e. The molecule has 24 rings (SSSR count). The van der Waals surface area contributed by atoms with Gasteiger partial charge in [-0.3, -0.25) is 0 Å². The van der Waals surface area contributed by atoms with Gasteiger partial charge in [-0.05, 0) is 227 Å². The number of fused-ring (bicyclic) bond motifs is 18. The molecule has 0 amide bonds. The summed E-state index contributed by atoms with van der Waals surface area (Å²) < 4.78 is 9.64. The summed E-state index contributed by atoms with van der Waals surface area (Å²) in [6.45, 7) is 0. The summed E-state index contributed by atoms with van der Waals surface area (Å²) in [5, 5.41) is 19.2. The zero-order valence-corrected chi connectivity index (χ0v) is 62.8. The van der Waals surface area contributed by atoms with Gasteiger partial charge in [0.2, 0.25) is 0 Å². The smallest absolute Gasteiger partial charge is 0.164 e. The fourth-order valence-electron chi connectivity index (χ4n) is 18.8. The molecular weight excluding hydrogens is 1410 g/mol. The first kappa shape index (κ1) is 65.2. The van der Waals surface area contributed by atoms with Crippen molar-refractivity contribution in [1.82, 2.24) is 33.2 Å². The van der Waals surface area contributed by atoms with Crippen LogP contribution < -0.4 is 0 Å². The van der Waals surface area contributed by atoms with Crippen molar-refractivity contribution < 1.29 is 0 Å². The third-order valence-electron chi connectivity index (χ3n) is 24.1. The summed E-state index contributed by atoms with van der Waals surface area (Å²) in [5.74, 6) is 1.78. The number of para-hydroxylation sites is 6. The van der Waals surface area contributed by atoms with Crippen molar-refractivity contribution >= 4 is 130 Å². The Labute approximate surface area is 667 Å². The van der Waals surface area contributed by atoms with Gasteiger partial charge >= 0.3 is 0 Å². The van der Waals surface area contributed by atoms with Crippen molar-refractivity contribution in [1.29, 1.82) is 0 Å². The monoisotopic (exact) mass is 1470 g/mol. The molecule has 0 bridgehead atoms. The number of nitrogens with zero attached hydrogens (tertiary/aromatic N) is 7. The lowest BCUT2D eigenvalue weighted by molar-refractivity contribution is 1.07. The molecule has 0 saturated heterocycles. The lowest BCUT2D eigenvalue weighted by Crippen LogP contribution is -2.01. The van der Waals surface area contributed by atoms with Crippen molar-refractivity contribution in [3.8, 4) is 101 Å². The van der Waals surface area contributed by atoms with E-state index in [1.54, 1.807) is 0 Å². The van der Waals surface area contributed by atoms with Crippen LogP contribution in [0.5, 0.6) is 0 Å². The van der Waals surface area contributed by atoms with E-state index < -0.39 is 0 Å². The van der Waals surface area contributed by atoms with Crippen molar-refractivity contribution in [2.45, 2.75) is 0 Å². The molecule has 5 heterocycles. The van der Waals surface area contributed by atoms with E-state index in [9.17, 15) is 0 Å². The van der Waals surface area contributed by atoms with Gasteiger partial charge in [-0.1, -0.05) is 267 Å². The SMILES string of the molecule is c1ccc(-c2ccc(-n3c4ccccc4c4cc5c(cc(-c6ccc7c(c6)c6ccccc6n7-c6ccccc6)c6ccc(-c7ccc(-c8nc(-c9ccccc9)nc(-c9cccc(-n%10c%11ccccc%11c%11cc%12c(cc(-c%13ccc%14c(c%13)c%13ccccc%13n%14-c%13ccccc%13)c%13ccccc%13%12)cc%11%10)c9)n8)cc7)cc65)cc43)cc2)cc1. The molecule has 0 N–H and O–H groups in total.